The molecule has 0 aromatic heterocycles. The van der Waals surface area contributed by atoms with Crippen LogP contribution in [-0.2, 0) is 9.59 Å². The highest BCUT2D eigenvalue weighted by Crippen LogP contribution is 2.18. The highest BCUT2D eigenvalue weighted by atomic mass is 16.4. The van der Waals surface area contributed by atoms with Crippen LogP contribution in [0.1, 0.15) is 24.0 Å². The third-order valence-corrected chi connectivity index (χ3v) is 3.28. The highest BCUT2D eigenvalue weighted by Gasteiger charge is 2.32. The van der Waals surface area contributed by atoms with Gasteiger partial charge in [-0.1, -0.05) is 12.1 Å². The number of nitriles is 1. The van der Waals surface area contributed by atoms with Crippen LogP contribution in [0.5, 0.6) is 0 Å². The van der Waals surface area contributed by atoms with E-state index in [0.29, 0.717) is 24.9 Å². The summed E-state index contributed by atoms with van der Waals surface area (Å²) in [6.07, 6.45) is 4.22. The third kappa shape index (κ3) is 3.04. The Morgan fingerprint density at radius 2 is 2.05 bits per heavy atom. The maximum atomic E-state index is 12.0. The first kappa shape index (κ1) is 13.8. The lowest BCUT2D eigenvalue weighted by molar-refractivity contribution is -0.146. The van der Waals surface area contributed by atoms with Crippen molar-refractivity contribution in [2.24, 2.45) is 0 Å². The smallest absolute Gasteiger partial charge is 0.326 e. The van der Waals surface area contributed by atoms with E-state index in [9.17, 15) is 9.59 Å². The van der Waals surface area contributed by atoms with Gasteiger partial charge < -0.3 is 10.0 Å². The predicted octanol–water partition coefficient (Wildman–Crippen LogP) is 1.65. The first-order valence-electron chi connectivity index (χ1n) is 6.33. The number of amides is 1. The second-order valence-corrected chi connectivity index (χ2v) is 4.60. The third-order valence-electron chi connectivity index (χ3n) is 3.28. The second kappa shape index (κ2) is 6.02. The molecule has 1 amide bonds. The number of carbonyl (C=O) groups excluding carboxylic acids is 1. The molecule has 0 spiro atoms. The number of carbonyl (C=O) groups is 2. The van der Waals surface area contributed by atoms with E-state index in [0.717, 1.165) is 5.56 Å². The van der Waals surface area contributed by atoms with E-state index >= 15 is 0 Å². The van der Waals surface area contributed by atoms with Gasteiger partial charge in [-0.05, 0) is 36.6 Å². The molecule has 0 aliphatic carbocycles. The Labute approximate surface area is 116 Å². The van der Waals surface area contributed by atoms with Crippen LogP contribution < -0.4 is 0 Å². The topological polar surface area (TPSA) is 81.4 Å². The number of hydrogen-bond donors (Lipinski definition) is 1. The minimum absolute atomic E-state index is 0.292. The van der Waals surface area contributed by atoms with Crippen LogP contribution in [0, 0.1) is 11.3 Å². The zero-order chi connectivity index (χ0) is 14.5. The van der Waals surface area contributed by atoms with Crippen LogP contribution in [0.15, 0.2) is 30.3 Å². The fraction of sp³-hybridized carbons (Fsp3) is 0.267. The van der Waals surface area contributed by atoms with Crippen LogP contribution >= 0.6 is 0 Å². The summed E-state index contributed by atoms with van der Waals surface area (Å²) in [7, 11) is 0. The minimum atomic E-state index is -0.956. The van der Waals surface area contributed by atoms with Crippen molar-refractivity contribution in [2.45, 2.75) is 18.9 Å². The molecule has 1 aromatic carbocycles. The quantitative estimate of drug-likeness (QED) is 0.847. The molecule has 1 N–H and O–H groups in total. The van der Waals surface area contributed by atoms with E-state index < -0.39 is 12.0 Å². The van der Waals surface area contributed by atoms with Crippen LogP contribution in [0.4, 0.5) is 0 Å². The molecular formula is C15H14N2O3. The second-order valence-electron chi connectivity index (χ2n) is 4.60. The predicted molar refractivity (Wildman–Crippen MR) is 72.6 cm³/mol. The van der Waals surface area contributed by atoms with Crippen LogP contribution in [0.25, 0.3) is 6.08 Å². The summed E-state index contributed by atoms with van der Waals surface area (Å²) in [6.45, 7) is 0.480. The van der Waals surface area contributed by atoms with Crippen molar-refractivity contribution in [3.05, 3.63) is 41.5 Å². The van der Waals surface area contributed by atoms with E-state index in [1.54, 1.807) is 30.3 Å². The van der Waals surface area contributed by atoms with Gasteiger partial charge in [0.15, 0.2) is 0 Å². The van der Waals surface area contributed by atoms with Gasteiger partial charge in [-0.2, -0.15) is 5.26 Å². The number of aliphatic carboxylic acids is 1. The molecular weight excluding hydrogens is 256 g/mol. The maximum absolute atomic E-state index is 12.0. The molecule has 0 unspecified atom stereocenters. The van der Waals surface area contributed by atoms with Crippen molar-refractivity contribution >= 4 is 18.0 Å². The molecule has 0 saturated carbocycles. The SMILES string of the molecule is N#Cc1ccc(/C=C/C(=O)N2CCC[C@H]2C(=O)O)cc1. The number of rotatable bonds is 3. The van der Waals surface area contributed by atoms with Gasteiger partial charge >= 0.3 is 5.97 Å². The van der Waals surface area contributed by atoms with E-state index in [-0.39, 0.29) is 5.91 Å². The summed E-state index contributed by atoms with van der Waals surface area (Å²) >= 11 is 0. The van der Waals surface area contributed by atoms with Gasteiger partial charge in [0.1, 0.15) is 6.04 Å². The lowest BCUT2D eigenvalue weighted by Crippen LogP contribution is -2.39. The van der Waals surface area contributed by atoms with Gasteiger partial charge in [-0.25, -0.2) is 4.79 Å². The highest BCUT2D eigenvalue weighted by molar-refractivity contribution is 5.94. The van der Waals surface area contributed by atoms with Crippen molar-refractivity contribution in [2.75, 3.05) is 6.54 Å². The molecule has 1 aliphatic rings. The molecule has 20 heavy (non-hydrogen) atoms. The largest absolute Gasteiger partial charge is 0.480 e. The molecule has 1 heterocycles. The van der Waals surface area contributed by atoms with Gasteiger partial charge in [-0.15, -0.1) is 0 Å². The zero-order valence-electron chi connectivity index (χ0n) is 10.8. The van der Waals surface area contributed by atoms with E-state index in [2.05, 4.69) is 0 Å². The molecule has 1 aliphatic heterocycles. The molecule has 1 atom stereocenters. The first-order valence-corrected chi connectivity index (χ1v) is 6.33. The Balaban J connectivity index is 2.05. The average molecular weight is 270 g/mol. The van der Waals surface area contributed by atoms with Crippen molar-refractivity contribution in [1.29, 1.82) is 5.26 Å². The fourth-order valence-corrected chi connectivity index (χ4v) is 2.22. The van der Waals surface area contributed by atoms with Gasteiger partial charge in [0.2, 0.25) is 5.91 Å². The van der Waals surface area contributed by atoms with Gasteiger partial charge in [-0.3, -0.25) is 4.79 Å². The number of carboxylic acid groups (broad SMARTS) is 1. The molecule has 0 radical (unpaired) electrons. The van der Waals surface area contributed by atoms with E-state index in [1.807, 2.05) is 6.07 Å². The van der Waals surface area contributed by atoms with Gasteiger partial charge in [0.05, 0.1) is 11.6 Å². The Hall–Kier alpha value is -2.61. The van der Waals surface area contributed by atoms with E-state index in [4.69, 9.17) is 10.4 Å². The molecule has 1 saturated heterocycles. The summed E-state index contributed by atoms with van der Waals surface area (Å²) in [5.74, 6) is -1.25. The molecule has 2 rings (SSSR count). The summed E-state index contributed by atoms with van der Waals surface area (Å²) < 4.78 is 0. The molecule has 5 heteroatoms. The number of carboxylic acids is 1. The zero-order valence-corrected chi connectivity index (χ0v) is 10.8. The molecule has 102 valence electrons. The van der Waals surface area contributed by atoms with Gasteiger partial charge in [0.25, 0.3) is 0 Å². The lowest BCUT2D eigenvalue weighted by Gasteiger charge is -2.19. The number of benzene rings is 1. The summed E-state index contributed by atoms with van der Waals surface area (Å²) in [4.78, 5) is 24.4. The lowest BCUT2D eigenvalue weighted by atomic mass is 10.1. The summed E-state index contributed by atoms with van der Waals surface area (Å²) in [5.41, 5.74) is 1.35. The standard InChI is InChI=1S/C15H14N2O3/c16-10-12-5-3-11(4-6-12)7-8-14(18)17-9-1-2-13(17)15(19)20/h3-8,13H,1-2,9H2,(H,19,20)/b8-7+/t13-/m0/s1. The van der Waals surface area contributed by atoms with Crippen molar-refractivity contribution < 1.29 is 14.7 Å². The van der Waals surface area contributed by atoms with Gasteiger partial charge in [0, 0.05) is 12.6 Å². The van der Waals surface area contributed by atoms with Crippen molar-refractivity contribution in [1.82, 2.24) is 4.90 Å². The summed E-state index contributed by atoms with van der Waals surface area (Å²) in [6, 6.07) is 8.11. The Morgan fingerprint density at radius 1 is 1.35 bits per heavy atom. The minimum Gasteiger partial charge on any atom is -0.480 e. The Bertz CT molecular complexity index is 584. The molecule has 1 aromatic rings. The fourth-order valence-electron chi connectivity index (χ4n) is 2.22. The molecule has 1 fully saturated rings. The maximum Gasteiger partial charge on any atom is 0.326 e. The normalized spacial score (nSPS) is 18.1. The summed E-state index contributed by atoms with van der Waals surface area (Å²) in [5, 5.41) is 17.7. The monoisotopic (exact) mass is 270 g/mol. The number of likely N-dealkylation sites (tertiary alicyclic amines) is 1. The van der Waals surface area contributed by atoms with Crippen LogP contribution in [0.2, 0.25) is 0 Å². The number of hydrogen-bond acceptors (Lipinski definition) is 3. The average Bonchev–Trinajstić information content (AvgIpc) is 2.95. The molecule has 0 bridgehead atoms. The molecule has 5 nitrogen and oxygen atoms in total. The Morgan fingerprint density at radius 3 is 2.65 bits per heavy atom. The van der Waals surface area contributed by atoms with Crippen LogP contribution in [0.3, 0.4) is 0 Å². The van der Waals surface area contributed by atoms with E-state index in [1.165, 1.54) is 11.0 Å². The Kier molecular flexibility index (Phi) is 4.16. The van der Waals surface area contributed by atoms with Crippen molar-refractivity contribution in [3.63, 3.8) is 0 Å². The van der Waals surface area contributed by atoms with Crippen molar-refractivity contribution in [3.8, 4) is 6.07 Å². The number of nitrogens with zero attached hydrogens (tertiary/aromatic N) is 2. The van der Waals surface area contributed by atoms with Crippen LogP contribution in [-0.4, -0.2) is 34.5 Å². The first-order chi connectivity index (χ1) is 9.61.